The Labute approximate surface area is 195 Å². The fraction of sp³-hybridized carbons (Fsp3) is 0.304. The lowest BCUT2D eigenvalue weighted by Crippen LogP contribution is -2.37. The highest BCUT2D eigenvalue weighted by molar-refractivity contribution is 7.14. The molecule has 1 aromatic heterocycles. The third-order valence-electron chi connectivity index (χ3n) is 5.30. The van der Waals surface area contributed by atoms with Gasteiger partial charge in [0.1, 0.15) is 0 Å². The van der Waals surface area contributed by atoms with Crippen LogP contribution in [0.4, 0.5) is 16.5 Å². The lowest BCUT2D eigenvalue weighted by atomic mass is 10.1. The Balaban J connectivity index is 1.35. The maximum atomic E-state index is 12.6. The summed E-state index contributed by atoms with van der Waals surface area (Å²) in [5.41, 5.74) is 3.57. The minimum absolute atomic E-state index is 0.00470. The van der Waals surface area contributed by atoms with Gasteiger partial charge >= 0.3 is 0 Å². The molecule has 1 amide bonds. The fourth-order valence-electron chi connectivity index (χ4n) is 3.75. The number of ether oxygens (including phenoxy) is 1. The van der Waals surface area contributed by atoms with Crippen molar-refractivity contribution in [1.29, 1.82) is 0 Å². The number of benzene rings is 2. The van der Waals surface area contributed by atoms with Crippen LogP contribution in [0.25, 0.3) is 11.3 Å². The zero-order valence-electron chi connectivity index (χ0n) is 18.3. The average molecular weight is 468 g/mol. The number of rotatable bonds is 8. The van der Waals surface area contributed by atoms with E-state index in [1.807, 2.05) is 24.1 Å². The molecule has 0 radical (unpaired) electrons. The number of carbonyl (C=O) groups excluding carboxylic acids is 1. The summed E-state index contributed by atoms with van der Waals surface area (Å²) in [5.74, 6) is -0.165. The predicted molar refractivity (Wildman–Crippen MR) is 129 cm³/mol. The predicted octanol–water partition coefficient (Wildman–Crippen LogP) is 3.63. The van der Waals surface area contributed by atoms with E-state index in [0.29, 0.717) is 22.9 Å². The van der Waals surface area contributed by atoms with Crippen molar-refractivity contribution in [2.45, 2.75) is 6.54 Å². The second-order valence-corrected chi connectivity index (χ2v) is 8.65. The van der Waals surface area contributed by atoms with Crippen LogP contribution < -0.4 is 10.2 Å². The van der Waals surface area contributed by atoms with Crippen molar-refractivity contribution in [2.24, 2.45) is 0 Å². The van der Waals surface area contributed by atoms with Crippen LogP contribution in [0, 0.1) is 10.1 Å². The van der Waals surface area contributed by atoms with Crippen molar-refractivity contribution in [1.82, 2.24) is 9.88 Å². The molecule has 0 aliphatic carbocycles. The minimum atomic E-state index is -0.439. The van der Waals surface area contributed by atoms with Gasteiger partial charge in [0, 0.05) is 48.4 Å². The molecular weight excluding hydrogens is 442 g/mol. The number of hydrogen-bond acceptors (Lipinski definition) is 8. The van der Waals surface area contributed by atoms with Crippen LogP contribution in [-0.2, 0) is 16.1 Å². The number of nitrogens with zero attached hydrogens (tertiary/aromatic N) is 4. The van der Waals surface area contributed by atoms with Gasteiger partial charge in [0.15, 0.2) is 5.13 Å². The molecule has 3 aromatic rings. The molecule has 0 saturated carbocycles. The summed E-state index contributed by atoms with van der Waals surface area (Å²) in [7, 11) is 1.91. The van der Waals surface area contributed by atoms with Gasteiger partial charge in [-0.2, -0.15) is 0 Å². The Morgan fingerprint density at radius 1 is 1.24 bits per heavy atom. The van der Waals surface area contributed by atoms with Crippen molar-refractivity contribution >= 4 is 33.8 Å². The third-order valence-corrected chi connectivity index (χ3v) is 6.06. The number of nitro groups is 1. The number of thiazole rings is 1. The largest absolute Gasteiger partial charge is 0.378 e. The van der Waals surface area contributed by atoms with Crippen molar-refractivity contribution in [3.63, 3.8) is 0 Å². The van der Waals surface area contributed by atoms with Crippen molar-refractivity contribution in [2.75, 3.05) is 50.1 Å². The number of non-ortho nitro benzene ring substituents is 1. The van der Waals surface area contributed by atoms with Gasteiger partial charge in [-0.15, -0.1) is 11.3 Å². The molecule has 1 aliphatic rings. The molecule has 33 heavy (non-hydrogen) atoms. The van der Waals surface area contributed by atoms with E-state index < -0.39 is 4.92 Å². The van der Waals surface area contributed by atoms with Crippen molar-refractivity contribution < 1.29 is 14.5 Å². The summed E-state index contributed by atoms with van der Waals surface area (Å²) in [6, 6.07) is 14.5. The molecule has 0 atom stereocenters. The maximum absolute atomic E-state index is 12.6. The number of carbonyl (C=O) groups is 1. The van der Waals surface area contributed by atoms with E-state index in [0.717, 1.165) is 31.9 Å². The number of para-hydroxylation sites is 1. The first-order valence-electron chi connectivity index (χ1n) is 10.6. The highest BCUT2D eigenvalue weighted by atomic mass is 32.1. The number of nitro benzene ring substituents is 1. The number of amides is 1. The van der Waals surface area contributed by atoms with Gasteiger partial charge in [-0.05, 0) is 18.7 Å². The van der Waals surface area contributed by atoms with Gasteiger partial charge in [-0.25, -0.2) is 4.98 Å². The van der Waals surface area contributed by atoms with E-state index in [9.17, 15) is 14.9 Å². The highest BCUT2D eigenvalue weighted by Crippen LogP contribution is 2.27. The number of likely N-dealkylation sites (N-methyl/N-ethyl adjacent to an activating group) is 1. The smallest absolute Gasteiger partial charge is 0.270 e. The van der Waals surface area contributed by atoms with Crippen LogP contribution in [0.1, 0.15) is 5.56 Å². The fourth-order valence-corrected chi connectivity index (χ4v) is 4.49. The topological polar surface area (TPSA) is 101 Å². The average Bonchev–Trinajstić information content (AvgIpc) is 3.28. The zero-order valence-corrected chi connectivity index (χ0v) is 19.1. The summed E-state index contributed by atoms with van der Waals surface area (Å²) in [6.07, 6.45) is 0. The van der Waals surface area contributed by atoms with E-state index in [2.05, 4.69) is 27.3 Å². The quantitative estimate of drug-likeness (QED) is 0.399. The summed E-state index contributed by atoms with van der Waals surface area (Å²) >= 11 is 1.29. The normalized spacial score (nSPS) is 13.8. The molecule has 1 fully saturated rings. The first kappa shape index (κ1) is 22.8. The van der Waals surface area contributed by atoms with Gasteiger partial charge in [-0.3, -0.25) is 19.8 Å². The Morgan fingerprint density at radius 2 is 2.03 bits per heavy atom. The summed E-state index contributed by atoms with van der Waals surface area (Å²) < 4.78 is 5.46. The lowest BCUT2D eigenvalue weighted by molar-refractivity contribution is -0.384. The van der Waals surface area contributed by atoms with Gasteiger partial charge in [0.05, 0.1) is 30.4 Å². The molecule has 0 unspecified atom stereocenters. The van der Waals surface area contributed by atoms with E-state index in [-0.39, 0.29) is 18.1 Å². The van der Waals surface area contributed by atoms with Crippen molar-refractivity contribution in [3.05, 3.63) is 69.6 Å². The number of morpholine rings is 1. The minimum Gasteiger partial charge on any atom is -0.378 e. The van der Waals surface area contributed by atoms with Gasteiger partial charge in [0.25, 0.3) is 5.69 Å². The number of hydrogen-bond donors (Lipinski definition) is 1. The molecule has 10 heteroatoms. The van der Waals surface area contributed by atoms with Crippen molar-refractivity contribution in [3.8, 4) is 11.3 Å². The molecule has 2 heterocycles. The molecule has 2 aromatic carbocycles. The molecule has 0 bridgehead atoms. The van der Waals surface area contributed by atoms with E-state index in [1.165, 1.54) is 29.2 Å². The molecule has 1 aliphatic heterocycles. The van der Waals surface area contributed by atoms with Gasteiger partial charge in [-0.1, -0.05) is 30.3 Å². The highest BCUT2D eigenvalue weighted by Gasteiger charge is 2.17. The maximum Gasteiger partial charge on any atom is 0.270 e. The second kappa shape index (κ2) is 10.5. The van der Waals surface area contributed by atoms with Crippen LogP contribution in [-0.4, -0.2) is 60.6 Å². The molecule has 4 rings (SSSR count). The Kier molecular flexibility index (Phi) is 7.28. The van der Waals surface area contributed by atoms with Gasteiger partial charge < -0.3 is 15.0 Å². The first-order valence-corrected chi connectivity index (χ1v) is 11.5. The van der Waals surface area contributed by atoms with E-state index >= 15 is 0 Å². The second-order valence-electron chi connectivity index (χ2n) is 7.79. The van der Waals surface area contributed by atoms with Crippen LogP contribution in [0.2, 0.25) is 0 Å². The SMILES string of the molecule is CN(CC(=O)Nc1nc(-c2cccc([N+](=O)[O-])c2)cs1)Cc1ccccc1N1CCOCC1. The molecule has 1 N–H and O–H groups in total. The molecule has 0 spiro atoms. The molecule has 172 valence electrons. The summed E-state index contributed by atoms with van der Waals surface area (Å²) in [6.45, 7) is 4.01. The number of nitrogens with one attached hydrogen (secondary N) is 1. The number of aromatic nitrogens is 1. The standard InChI is InChI=1S/C23H25N5O4S/c1-26(14-18-5-2-3-8-21(18)27-9-11-32-12-10-27)15-22(29)25-23-24-20(16-33-23)17-6-4-7-19(13-17)28(30)31/h2-8,13,16H,9-12,14-15H2,1H3,(H,24,25,29). The van der Waals surface area contributed by atoms with Crippen LogP contribution in [0.3, 0.4) is 0 Å². The van der Waals surface area contributed by atoms with Crippen LogP contribution in [0.15, 0.2) is 53.9 Å². The van der Waals surface area contributed by atoms with E-state index in [4.69, 9.17) is 4.74 Å². The van der Waals surface area contributed by atoms with Gasteiger partial charge in [0.2, 0.25) is 5.91 Å². The Hall–Kier alpha value is -3.34. The zero-order chi connectivity index (χ0) is 23.2. The first-order chi connectivity index (χ1) is 16.0. The summed E-state index contributed by atoms with van der Waals surface area (Å²) in [4.78, 5) is 31.8. The lowest BCUT2D eigenvalue weighted by Gasteiger charge is -2.31. The Morgan fingerprint density at radius 3 is 2.82 bits per heavy atom. The van der Waals surface area contributed by atoms with Crippen LogP contribution >= 0.6 is 11.3 Å². The van der Waals surface area contributed by atoms with E-state index in [1.54, 1.807) is 17.5 Å². The van der Waals surface area contributed by atoms with Crippen LogP contribution in [0.5, 0.6) is 0 Å². The molecular formula is C23H25N5O4S. The molecule has 1 saturated heterocycles. The number of anilines is 2. The Bertz CT molecular complexity index is 1130. The summed E-state index contributed by atoms with van der Waals surface area (Å²) in [5, 5.41) is 16.1. The monoisotopic (exact) mass is 467 g/mol. The molecule has 9 nitrogen and oxygen atoms in total. The third kappa shape index (κ3) is 5.92.